The molecule has 3 aromatic carbocycles. The predicted octanol–water partition coefficient (Wildman–Crippen LogP) is 4.73. The first-order valence-corrected chi connectivity index (χ1v) is 12.3. The SMILES string of the molecule is Cc1c(-c2ccc(C(N)=O)c3[nH]c4cc(C(C)(C)O)ccc4c23)cccc1-n1ccn2c(C)cnc2c1=O. The van der Waals surface area contributed by atoms with Crippen molar-refractivity contribution in [2.24, 2.45) is 5.73 Å². The number of H-pyrrole nitrogens is 1. The van der Waals surface area contributed by atoms with Crippen LogP contribution in [0, 0.1) is 13.8 Å². The molecule has 0 aliphatic carbocycles. The van der Waals surface area contributed by atoms with Crippen LogP contribution in [0.5, 0.6) is 0 Å². The zero-order valence-electron chi connectivity index (χ0n) is 21.5. The van der Waals surface area contributed by atoms with E-state index in [1.807, 2.05) is 62.5 Å². The number of primary amides is 1. The van der Waals surface area contributed by atoms with E-state index in [1.165, 1.54) is 0 Å². The number of aromatic nitrogens is 4. The van der Waals surface area contributed by atoms with E-state index >= 15 is 0 Å². The lowest BCUT2D eigenvalue weighted by molar-refractivity contribution is 0.0787. The molecule has 0 atom stereocenters. The summed E-state index contributed by atoms with van der Waals surface area (Å²) >= 11 is 0. The summed E-state index contributed by atoms with van der Waals surface area (Å²) < 4.78 is 3.39. The molecule has 8 nitrogen and oxygen atoms in total. The quantitative estimate of drug-likeness (QED) is 0.321. The van der Waals surface area contributed by atoms with Crippen molar-refractivity contribution in [3.63, 3.8) is 0 Å². The van der Waals surface area contributed by atoms with Crippen molar-refractivity contribution >= 4 is 33.4 Å². The number of nitrogens with one attached hydrogen (secondary N) is 1. The molecule has 1 amide bonds. The normalized spacial score (nSPS) is 12.1. The lowest BCUT2D eigenvalue weighted by Gasteiger charge is -2.17. The van der Waals surface area contributed by atoms with Crippen molar-refractivity contribution in [2.75, 3.05) is 0 Å². The smallest absolute Gasteiger partial charge is 0.298 e. The molecule has 0 bridgehead atoms. The zero-order valence-corrected chi connectivity index (χ0v) is 21.5. The van der Waals surface area contributed by atoms with Gasteiger partial charge < -0.3 is 15.8 Å². The summed E-state index contributed by atoms with van der Waals surface area (Å²) in [4.78, 5) is 33.3. The molecule has 0 fully saturated rings. The van der Waals surface area contributed by atoms with Gasteiger partial charge in [0.25, 0.3) is 11.5 Å². The highest BCUT2D eigenvalue weighted by molar-refractivity contribution is 6.20. The number of aromatic amines is 1. The third kappa shape index (κ3) is 3.45. The van der Waals surface area contributed by atoms with E-state index in [2.05, 4.69) is 9.97 Å². The number of nitrogens with two attached hydrogens (primary N) is 1. The second-order valence-electron chi connectivity index (χ2n) is 10.2. The van der Waals surface area contributed by atoms with E-state index in [1.54, 1.807) is 41.3 Å². The predicted molar refractivity (Wildman–Crippen MR) is 149 cm³/mol. The standard InChI is InChI=1S/C30H27N5O3/c1-16-15-32-28-29(37)35(13-12-34(16)28)24-7-5-6-19(17(24)2)20-10-11-22(27(31)36)26-25(20)21-9-8-18(30(3,4)38)14-23(21)33-26/h5-15,33,38H,1-4H3,(H2,31,36). The zero-order chi connectivity index (χ0) is 26.9. The van der Waals surface area contributed by atoms with Crippen molar-refractivity contribution in [1.29, 1.82) is 0 Å². The summed E-state index contributed by atoms with van der Waals surface area (Å²) in [6.45, 7) is 7.35. The van der Waals surface area contributed by atoms with Crippen molar-refractivity contribution in [3.8, 4) is 16.8 Å². The Bertz CT molecular complexity index is 1990. The fourth-order valence-corrected chi connectivity index (χ4v) is 5.29. The Morgan fingerprint density at radius 2 is 1.84 bits per heavy atom. The van der Waals surface area contributed by atoms with Crippen LogP contribution in [0.15, 0.2) is 71.9 Å². The second-order valence-corrected chi connectivity index (χ2v) is 10.2. The topological polar surface area (TPSA) is 118 Å². The van der Waals surface area contributed by atoms with E-state index in [4.69, 9.17) is 5.73 Å². The average Bonchev–Trinajstić information content (AvgIpc) is 3.44. The number of benzene rings is 3. The second kappa shape index (κ2) is 8.16. The van der Waals surface area contributed by atoms with Crippen LogP contribution in [0.2, 0.25) is 0 Å². The van der Waals surface area contributed by atoms with Crippen molar-refractivity contribution < 1.29 is 9.90 Å². The number of aliphatic hydroxyl groups is 1. The molecule has 8 heteroatoms. The van der Waals surface area contributed by atoms with Gasteiger partial charge in [-0.15, -0.1) is 0 Å². The number of fused-ring (bicyclic) bond motifs is 4. The monoisotopic (exact) mass is 505 g/mol. The van der Waals surface area contributed by atoms with Crippen molar-refractivity contribution in [2.45, 2.75) is 33.3 Å². The van der Waals surface area contributed by atoms with Gasteiger partial charge in [-0.2, -0.15) is 0 Å². The van der Waals surface area contributed by atoms with E-state index in [0.717, 1.165) is 49.9 Å². The molecule has 190 valence electrons. The molecule has 0 saturated carbocycles. The van der Waals surface area contributed by atoms with E-state index < -0.39 is 11.5 Å². The van der Waals surface area contributed by atoms with Gasteiger partial charge in [-0.1, -0.05) is 30.3 Å². The first-order chi connectivity index (χ1) is 18.1. The number of amides is 1. The number of carbonyl (C=O) groups is 1. The molecule has 0 saturated heterocycles. The van der Waals surface area contributed by atoms with Gasteiger partial charge in [-0.3, -0.25) is 18.6 Å². The van der Waals surface area contributed by atoms with Crippen LogP contribution in [0.4, 0.5) is 0 Å². The molecule has 0 aliphatic heterocycles. The number of hydrogen-bond acceptors (Lipinski definition) is 4. The lowest BCUT2D eigenvalue weighted by Crippen LogP contribution is -2.21. The summed E-state index contributed by atoms with van der Waals surface area (Å²) in [7, 11) is 0. The van der Waals surface area contributed by atoms with Gasteiger partial charge in [0.1, 0.15) is 0 Å². The van der Waals surface area contributed by atoms with Crippen LogP contribution >= 0.6 is 0 Å². The third-order valence-electron chi connectivity index (χ3n) is 7.34. The van der Waals surface area contributed by atoms with Crippen LogP contribution in [0.3, 0.4) is 0 Å². The summed E-state index contributed by atoms with van der Waals surface area (Å²) in [5, 5.41) is 12.3. The van der Waals surface area contributed by atoms with E-state index in [9.17, 15) is 14.7 Å². The molecular formula is C30H27N5O3. The van der Waals surface area contributed by atoms with Crippen LogP contribution in [0.1, 0.15) is 41.0 Å². The highest BCUT2D eigenvalue weighted by Gasteiger charge is 2.21. The summed E-state index contributed by atoms with van der Waals surface area (Å²) in [5.74, 6) is -0.531. The molecule has 3 heterocycles. The highest BCUT2D eigenvalue weighted by Crippen LogP contribution is 2.39. The van der Waals surface area contributed by atoms with Crippen LogP contribution in [-0.4, -0.2) is 29.9 Å². The minimum absolute atomic E-state index is 0.207. The Morgan fingerprint density at radius 1 is 1.05 bits per heavy atom. The van der Waals surface area contributed by atoms with Gasteiger partial charge in [0.05, 0.1) is 22.4 Å². The van der Waals surface area contributed by atoms with Crippen LogP contribution in [0.25, 0.3) is 44.3 Å². The first kappa shape index (κ1) is 23.7. The maximum Gasteiger partial charge on any atom is 0.298 e. The first-order valence-electron chi connectivity index (χ1n) is 12.3. The van der Waals surface area contributed by atoms with Crippen LogP contribution < -0.4 is 11.3 Å². The Kier molecular flexibility index (Phi) is 5.09. The van der Waals surface area contributed by atoms with Gasteiger partial charge in [-0.05, 0) is 68.1 Å². The summed E-state index contributed by atoms with van der Waals surface area (Å²) in [6, 6.07) is 15.2. The number of rotatable bonds is 4. The van der Waals surface area contributed by atoms with Crippen molar-refractivity contribution in [3.05, 3.63) is 99.9 Å². The van der Waals surface area contributed by atoms with Crippen molar-refractivity contribution in [1.82, 2.24) is 18.9 Å². The maximum atomic E-state index is 13.3. The number of carbonyl (C=O) groups excluding carboxylic acids is 1. The fourth-order valence-electron chi connectivity index (χ4n) is 5.29. The van der Waals surface area contributed by atoms with Gasteiger partial charge in [0, 0.05) is 40.6 Å². The molecule has 0 radical (unpaired) electrons. The van der Waals surface area contributed by atoms with Gasteiger partial charge in [0.2, 0.25) is 5.65 Å². The third-order valence-corrected chi connectivity index (χ3v) is 7.34. The average molecular weight is 506 g/mol. The Labute approximate surface area is 218 Å². The highest BCUT2D eigenvalue weighted by atomic mass is 16.3. The maximum absolute atomic E-state index is 13.3. The number of nitrogens with zero attached hydrogens (tertiary/aromatic N) is 3. The Hall–Kier alpha value is -4.69. The van der Waals surface area contributed by atoms with Gasteiger partial charge in [-0.25, -0.2) is 4.98 Å². The molecule has 0 unspecified atom stereocenters. The van der Waals surface area contributed by atoms with Gasteiger partial charge >= 0.3 is 0 Å². The van der Waals surface area contributed by atoms with E-state index in [0.29, 0.717) is 16.7 Å². The Balaban J connectivity index is 1.63. The minimum atomic E-state index is -1.02. The largest absolute Gasteiger partial charge is 0.386 e. The molecule has 38 heavy (non-hydrogen) atoms. The number of imidazole rings is 1. The Morgan fingerprint density at radius 3 is 2.58 bits per heavy atom. The summed E-state index contributed by atoms with van der Waals surface area (Å²) in [6.07, 6.45) is 5.28. The molecular weight excluding hydrogens is 478 g/mol. The fraction of sp³-hybridized carbons (Fsp3) is 0.167. The van der Waals surface area contributed by atoms with Gasteiger partial charge in [0.15, 0.2) is 0 Å². The minimum Gasteiger partial charge on any atom is -0.386 e. The van der Waals surface area contributed by atoms with E-state index in [-0.39, 0.29) is 5.56 Å². The molecule has 6 aromatic rings. The van der Waals surface area contributed by atoms with Crippen LogP contribution in [-0.2, 0) is 5.60 Å². The molecule has 3 aromatic heterocycles. The summed E-state index contributed by atoms with van der Waals surface area (Å²) in [5.41, 5.74) is 11.8. The number of aryl methyl sites for hydroxylation is 1. The number of hydrogen-bond donors (Lipinski definition) is 3. The lowest BCUT2D eigenvalue weighted by atomic mass is 9.92. The molecule has 0 spiro atoms. The molecule has 4 N–H and O–H groups in total. The molecule has 6 rings (SSSR count). The molecule has 0 aliphatic rings.